The van der Waals surface area contributed by atoms with Crippen molar-refractivity contribution in [1.82, 2.24) is 10.3 Å². The summed E-state index contributed by atoms with van der Waals surface area (Å²) in [6.07, 6.45) is 5.44. The summed E-state index contributed by atoms with van der Waals surface area (Å²) < 4.78 is 0. The standard InChI is InChI=1S/C20H26N2O/c1-15(2)19(18-10-7-13-21-14-18)20(23)22-16(3)11-12-17-8-5-4-6-9-17/h4-10,13-16,19H,11-12H2,1-3H3,(H,22,23)/t16-,19+/m1/s1. The summed E-state index contributed by atoms with van der Waals surface area (Å²) in [5, 5.41) is 3.16. The van der Waals surface area contributed by atoms with E-state index < -0.39 is 0 Å². The normalized spacial score (nSPS) is 13.6. The molecule has 1 N–H and O–H groups in total. The SMILES string of the molecule is CC(C)[C@H](C(=O)N[C@H](C)CCc1ccccc1)c1cccnc1. The van der Waals surface area contributed by atoms with Crippen molar-refractivity contribution < 1.29 is 4.79 Å². The van der Waals surface area contributed by atoms with Crippen LogP contribution in [0.15, 0.2) is 54.9 Å². The maximum Gasteiger partial charge on any atom is 0.228 e. The molecule has 0 aliphatic heterocycles. The molecule has 0 saturated carbocycles. The van der Waals surface area contributed by atoms with Crippen molar-refractivity contribution in [2.75, 3.05) is 0 Å². The second-order valence-electron chi connectivity index (χ2n) is 6.44. The average molecular weight is 310 g/mol. The minimum absolute atomic E-state index is 0.0913. The van der Waals surface area contributed by atoms with Crippen molar-refractivity contribution in [1.29, 1.82) is 0 Å². The summed E-state index contributed by atoms with van der Waals surface area (Å²) in [4.78, 5) is 16.8. The quantitative estimate of drug-likeness (QED) is 0.841. The van der Waals surface area contributed by atoms with Gasteiger partial charge in [0.25, 0.3) is 0 Å². The topological polar surface area (TPSA) is 42.0 Å². The summed E-state index contributed by atoms with van der Waals surface area (Å²) in [7, 11) is 0. The van der Waals surface area contributed by atoms with Gasteiger partial charge in [-0.25, -0.2) is 0 Å². The zero-order valence-electron chi connectivity index (χ0n) is 14.2. The second kappa shape index (κ2) is 8.47. The number of carbonyl (C=O) groups excluding carboxylic acids is 1. The van der Waals surface area contributed by atoms with Gasteiger partial charge in [-0.1, -0.05) is 50.2 Å². The highest BCUT2D eigenvalue weighted by molar-refractivity contribution is 5.84. The lowest BCUT2D eigenvalue weighted by atomic mass is 9.88. The van der Waals surface area contributed by atoms with Crippen molar-refractivity contribution in [2.24, 2.45) is 5.92 Å². The molecule has 3 heteroatoms. The molecule has 1 aromatic heterocycles. The van der Waals surface area contributed by atoms with Gasteiger partial charge >= 0.3 is 0 Å². The van der Waals surface area contributed by atoms with Crippen molar-refractivity contribution in [3.05, 3.63) is 66.0 Å². The molecule has 23 heavy (non-hydrogen) atoms. The number of hydrogen-bond acceptors (Lipinski definition) is 2. The van der Waals surface area contributed by atoms with Crippen LogP contribution in [0.1, 0.15) is 44.2 Å². The van der Waals surface area contributed by atoms with Gasteiger partial charge in [-0.3, -0.25) is 9.78 Å². The summed E-state index contributed by atoms with van der Waals surface area (Å²) in [6.45, 7) is 6.22. The van der Waals surface area contributed by atoms with Gasteiger partial charge in [0.15, 0.2) is 0 Å². The van der Waals surface area contributed by atoms with Crippen LogP contribution in [0.3, 0.4) is 0 Å². The van der Waals surface area contributed by atoms with Crippen LogP contribution >= 0.6 is 0 Å². The van der Waals surface area contributed by atoms with Crippen molar-refractivity contribution in [3.8, 4) is 0 Å². The zero-order valence-corrected chi connectivity index (χ0v) is 14.2. The molecule has 122 valence electrons. The largest absolute Gasteiger partial charge is 0.353 e. The molecule has 2 atom stereocenters. The van der Waals surface area contributed by atoms with Crippen LogP contribution < -0.4 is 5.32 Å². The first-order chi connectivity index (χ1) is 11.1. The Balaban J connectivity index is 1.93. The Kier molecular flexibility index (Phi) is 6.33. The predicted molar refractivity (Wildman–Crippen MR) is 94.2 cm³/mol. The van der Waals surface area contributed by atoms with E-state index >= 15 is 0 Å². The number of rotatable bonds is 7. The molecule has 0 radical (unpaired) electrons. The maximum absolute atomic E-state index is 12.7. The first-order valence-electron chi connectivity index (χ1n) is 8.32. The molecule has 0 aliphatic carbocycles. The van der Waals surface area contributed by atoms with E-state index in [1.165, 1.54) is 5.56 Å². The van der Waals surface area contributed by atoms with Gasteiger partial charge in [0, 0.05) is 18.4 Å². The minimum atomic E-state index is -0.150. The fourth-order valence-corrected chi connectivity index (χ4v) is 2.83. The number of nitrogens with zero attached hydrogens (tertiary/aromatic N) is 1. The molecule has 1 amide bonds. The van der Waals surface area contributed by atoms with Crippen molar-refractivity contribution in [2.45, 2.75) is 45.6 Å². The molecule has 0 fully saturated rings. The lowest BCUT2D eigenvalue weighted by Gasteiger charge is -2.23. The molecule has 1 heterocycles. The molecular weight excluding hydrogens is 284 g/mol. The van der Waals surface area contributed by atoms with Crippen LogP contribution in [-0.4, -0.2) is 16.9 Å². The third-order valence-electron chi connectivity index (χ3n) is 4.09. The van der Waals surface area contributed by atoms with Crippen LogP contribution in [-0.2, 0) is 11.2 Å². The van der Waals surface area contributed by atoms with Crippen molar-refractivity contribution in [3.63, 3.8) is 0 Å². The van der Waals surface area contributed by atoms with Crippen LogP contribution in [0.25, 0.3) is 0 Å². The lowest BCUT2D eigenvalue weighted by Crippen LogP contribution is -2.38. The van der Waals surface area contributed by atoms with Gasteiger partial charge in [-0.05, 0) is 42.9 Å². The Morgan fingerprint density at radius 1 is 1.09 bits per heavy atom. The smallest absolute Gasteiger partial charge is 0.228 e. The van der Waals surface area contributed by atoms with Crippen LogP contribution in [0.2, 0.25) is 0 Å². The summed E-state index contributed by atoms with van der Waals surface area (Å²) in [5.74, 6) is 0.178. The number of benzene rings is 1. The number of aryl methyl sites for hydroxylation is 1. The number of hydrogen-bond donors (Lipinski definition) is 1. The van der Waals surface area contributed by atoms with Gasteiger partial charge in [0.2, 0.25) is 5.91 Å². The van der Waals surface area contributed by atoms with Crippen molar-refractivity contribution >= 4 is 5.91 Å². The Morgan fingerprint density at radius 2 is 1.83 bits per heavy atom. The molecule has 0 aliphatic rings. The number of amides is 1. The third kappa shape index (κ3) is 5.20. The first-order valence-corrected chi connectivity index (χ1v) is 8.32. The number of carbonyl (C=O) groups is 1. The number of nitrogens with one attached hydrogen (secondary N) is 1. The Bertz CT molecular complexity index is 596. The fraction of sp³-hybridized carbons (Fsp3) is 0.400. The molecule has 0 unspecified atom stereocenters. The lowest BCUT2D eigenvalue weighted by molar-refractivity contribution is -0.124. The zero-order chi connectivity index (χ0) is 16.7. The monoisotopic (exact) mass is 310 g/mol. The van der Waals surface area contributed by atoms with Crippen LogP contribution in [0, 0.1) is 5.92 Å². The number of aromatic nitrogens is 1. The first kappa shape index (κ1) is 17.2. The Morgan fingerprint density at radius 3 is 2.43 bits per heavy atom. The highest BCUT2D eigenvalue weighted by Gasteiger charge is 2.25. The molecule has 0 spiro atoms. The molecule has 0 bridgehead atoms. The van der Waals surface area contributed by atoms with E-state index in [1.807, 2.05) is 18.2 Å². The van der Waals surface area contributed by atoms with Gasteiger partial charge in [-0.2, -0.15) is 0 Å². The van der Waals surface area contributed by atoms with E-state index in [2.05, 4.69) is 55.3 Å². The summed E-state index contributed by atoms with van der Waals surface area (Å²) in [6, 6.07) is 14.4. The highest BCUT2D eigenvalue weighted by Crippen LogP contribution is 2.24. The molecule has 2 rings (SSSR count). The van der Waals surface area contributed by atoms with E-state index in [-0.39, 0.29) is 23.8 Å². The fourth-order valence-electron chi connectivity index (χ4n) is 2.83. The molecular formula is C20H26N2O. The Hall–Kier alpha value is -2.16. The third-order valence-corrected chi connectivity index (χ3v) is 4.09. The highest BCUT2D eigenvalue weighted by atomic mass is 16.1. The second-order valence-corrected chi connectivity index (χ2v) is 6.44. The van der Waals surface area contributed by atoms with Gasteiger partial charge in [0.1, 0.15) is 0 Å². The number of pyridine rings is 1. The molecule has 2 aromatic rings. The van der Waals surface area contributed by atoms with Gasteiger partial charge < -0.3 is 5.32 Å². The van der Waals surface area contributed by atoms with Gasteiger partial charge in [-0.15, -0.1) is 0 Å². The molecule has 1 aromatic carbocycles. The van der Waals surface area contributed by atoms with E-state index in [9.17, 15) is 4.79 Å². The Labute approximate surface area is 139 Å². The van der Waals surface area contributed by atoms with Crippen LogP contribution in [0.4, 0.5) is 0 Å². The van der Waals surface area contributed by atoms with E-state index in [4.69, 9.17) is 0 Å². The maximum atomic E-state index is 12.7. The van der Waals surface area contributed by atoms with Gasteiger partial charge in [0.05, 0.1) is 5.92 Å². The molecule has 0 saturated heterocycles. The van der Waals surface area contributed by atoms with E-state index in [0.29, 0.717) is 0 Å². The average Bonchev–Trinajstić information content (AvgIpc) is 2.54. The summed E-state index contributed by atoms with van der Waals surface area (Å²) >= 11 is 0. The predicted octanol–water partition coefficient (Wildman–Crippen LogP) is 3.96. The minimum Gasteiger partial charge on any atom is -0.353 e. The van der Waals surface area contributed by atoms with E-state index in [1.54, 1.807) is 12.4 Å². The van der Waals surface area contributed by atoms with Crippen LogP contribution in [0.5, 0.6) is 0 Å². The molecule has 3 nitrogen and oxygen atoms in total. The summed E-state index contributed by atoms with van der Waals surface area (Å²) in [5.41, 5.74) is 2.29. The van der Waals surface area contributed by atoms with E-state index in [0.717, 1.165) is 18.4 Å².